The first kappa shape index (κ1) is 16.4. The maximum atomic E-state index is 12.4. The number of ether oxygens (including phenoxy) is 1. The summed E-state index contributed by atoms with van der Waals surface area (Å²) in [7, 11) is 0. The molecule has 3 fully saturated rings. The van der Waals surface area contributed by atoms with Crippen LogP contribution in [-0.4, -0.2) is 17.9 Å². The normalized spacial score (nSPS) is 47.3. The summed E-state index contributed by atoms with van der Waals surface area (Å²) < 4.78 is 5.52. The molecular formula is C21H30O3. The van der Waals surface area contributed by atoms with Crippen molar-refractivity contribution in [3.05, 3.63) is 11.6 Å². The summed E-state index contributed by atoms with van der Waals surface area (Å²) in [6.07, 6.45) is 10.9. The van der Waals surface area contributed by atoms with E-state index in [0.29, 0.717) is 23.5 Å². The summed E-state index contributed by atoms with van der Waals surface area (Å²) in [5.74, 6) is 2.15. The van der Waals surface area contributed by atoms with Crippen molar-refractivity contribution in [2.24, 2.45) is 28.6 Å². The minimum Gasteiger partial charge on any atom is -0.463 e. The number of rotatable bonds is 1. The third-order valence-corrected chi connectivity index (χ3v) is 8.02. The van der Waals surface area contributed by atoms with Crippen LogP contribution in [-0.2, 0) is 14.3 Å². The summed E-state index contributed by atoms with van der Waals surface area (Å²) in [6, 6.07) is 0. The highest BCUT2D eigenvalue weighted by Gasteiger charge is 2.57. The largest absolute Gasteiger partial charge is 0.463 e. The summed E-state index contributed by atoms with van der Waals surface area (Å²) in [5, 5.41) is 0. The van der Waals surface area contributed by atoms with Crippen LogP contribution in [0.1, 0.15) is 72.1 Å². The molecule has 4 unspecified atom stereocenters. The zero-order valence-corrected chi connectivity index (χ0v) is 15.3. The number of carbonyl (C=O) groups excluding carboxylic acids is 2. The first-order valence-electron chi connectivity index (χ1n) is 9.75. The fourth-order valence-corrected chi connectivity index (χ4v) is 6.61. The quantitative estimate of drug-likeness (QED) is 0.527. The van der Waals surface area contributed by atoms with Gasteiger partial charge in [-0.2, -0.15) is 0 Å². The highest BCUT2D eigenvalue weighted by molar-refractivity contribution is 5.87. The second kappa shape index (κ2) is 5.44. The summed E-state index contributed by atoms with van der Waals surface area (Å²) in [5.41, 5.74) is 1.82. The molecule has 4 aliphatic rings. The third kappa shape index (κ3) is 2.23. The van der Waals surface area contributed by atoms with Crippen molar-refractivity contribution < 1.29 is 14.3 Å². The molecular weight excluding hydrogens is 300 g/mol. The predicted molar refractivity (Wildman–Crippen MR) is 92.3 cm³/mol. The highest BCUT2D eigenvalue weighted by Crippen LogP contribution is 2.63. The SMILES string of the molecule is CC(=O)OC1CC[C@]2(C)C3=CC[C@]4(C)C(=O)CCC4C3CCC2C1. The van der Waals surface area contributed by atoms with Gasteiger partial charge in [0.05, 0.1) is 0 Å². The first-order valence-corrected chi connectivity index (χ1v) is 9.75. The fourth-order valence-electron chi connectivity index (χ4n) is 6.61. The zero-order chi connectivity index (χ0) is 17.1. The van der Waals surface area contributed by atoms with Crippen molar-refractivity contribution in [1.29, 1.82) is 0 Å². The Bertz CT molecular complexity index is 606. The van der Waals surface area contributed by atoms with Crippen LogP contribution in [0.2, 0.25) is 0 Å². The average Bonchev–Trinajstić information content (AvgIpc) is 2.83. The Kier molecular flexibility index (Phi) is 3.71. The van der Waals surface area contributed by atoms with Crippen LogP contribution in [0.15, 0.2) is 11.6 Å². The molecule has 0 heterocycles. The van der Waals surface area contributed by atoms with Gasteiger partial charge in [0.2, 0.25) is 0 Å². The molecule has 4 rings (SSSR count). The Labute approximate surface area is 145 Å². The summed E-state index contributed by atoms with van der Waals surface area (Å²) >= 11 is 0. The number of hydrogen-bond donors (Lipinski definition) is 0. The van der Waals surface area contributed by atoms with E-state index in [1.807, 2.05) is 0 Å². The lowest BCUT2D eigenvalue weighted by Crippen LogP contribution is -2.49. The fraction of sp³-hybridized carbons (Fsp3) is 0.810. The molecule has 4 aliphatic carbocycles. The van der Waals surface area contributed by atoms with Crippen LogP contribution in [0.4, 0.5) is 0 Å². The molecule has 0 bridgehead atoms. The van der Waals surface area contributed by atoms with E-state index in [0.717, 1.165) is 38.5 Å². The summed E-state index contributed by atoms with van der Waals surface area (Å²) in [4.78, 5) is 23.7. The van der Waals surface area contributed by atoms with Gasteiger partial charge in [-0.3, -0.25) is 9.59 Å². The molecule has 0 aromatic rings. The smallest absolute Gasteiger partial charge is 0.302 e. The molecule has 3 nitrogen and oxygen atoms in total. The minimum absolute atomic E-state index is 0.0910. The molecule has 132 valence electrons. The number of Topliss-reactive ketones (excluding diaryl/α,β-unsaturated/α-hetero) is 1. The highest BCUT2D eigenvalue weighted by atomic mass is 16.5. The topological polar surface area (TPSA) is 43.4 Å². The Morgan fingerprint density at radius 2 is 1.96 bits per heavy atom. The molecule has 0 aliphatic heterocycles. The van der Waals surface area contributed by atoms with Crippen LogP contribution in [0.5, 0.6) is 0 Å². The monoisotopic (exact) mass is 330 g/mol. The Hall–Kier alpha value is -1.12. The number of allylic oxidation sites excluding steroid dienone is 2. The van der Waals surface area contributed by atoms with Gasteiger partial charge in [0.15, 0.2) is 0 Å². The molecule has 3 saturated carbocycles. The minimum atomic E-state index is -0.144. The van der Waals surface area contributed by atoms with Gasteiger partial charge >= 0.3 is 5.97 Å². The predicted octanol–water partition coefficient (Wildman–Crippen LogP) is 4.45. The summed E-state index contributed by atoms with van der Waals surface area (Å²) in [6.45, 7) is 6.18. The number of fused-ring (bicyclic) bond motifs is 5. The van der Waals surface area contributed by atoms with E-state index in [2.05, 4.69) is 19.9 Å². The molecule has 0 spiro atoms. The van der Waals surface area contributed by atoms with Crippen LogP contribution >= 0.6 is 0 Å². The van der Waals surface area contributed by atoms with Crippen molar-refractivity contribution >= 4 is 11.8 Å². The van der Waals surface area contributed by atoms with Crippen LogP contribution in [0, 0.1) is 28.6 Å². The van der Waals surface area contributed by atoms with Crippen molar-refractivity contribution in [1.82, 2.24) is 0 Å². The third-order valence-electron chi connectivity index (χ3n) is 8.02. The van der Waals surface area contributed by atoms with Gasteiger partial charge in [-0.15, -0.1) is 0 Å². The molecule has 0 amide bonds. The zero-order valence-electron chi connectivity index (χ0n) is 15.3. The lowest BCUT2D eigenvalue weighted by molar-refractivity contribution is -0.151. The second-order valence-electron chi connectivity index (χ2n) is 9.15. The lowest BCUT2D eigenvalue weighted by atomic mass is 9.49. The Morgan fingerprint density at radius 3 is 2.71 bits per heavy atom. The van der Waals surface area contributed by atoms with Gasteiger partial charge in [0.25, 0.3) is 0 Å². The van der Waals surface area contributed by atoms with Gasteiger partial charge < -0.3 is 4.74 Å². The van der Waals surface area contributed by atoms with Crippen LogP contribution < -0.4 is 0 Å². The molecule has 6 atom stereocenters. The van der Waals surface area contributed by atoms with Crippen molar-refractivity contribution in [3.63, 3.8) is 0 Å². The van der Waals surface area contributed by atoms with Crippen molar-refractivity contribution in [2.75, 3.05) is 0 Å². The Morgan fingerprint density at radius 1 is 1.17 bits per heavy atom. The van der Waals surface area contributed by atoms with E-state index in [-0.39, 0.29) is 22.9 Å². The van der Waals surface area contributed by atoms with Gasteiger partial charge in [0, 0.05) is 18.8 Å². The van der Waals surface area contributed by atoms with Crippen LogP contribution in [0.25, 0.3) is 0 Å². The average molecular weight is 330 g/mol. The van der Waals surface area contributed by atoms with E-state index in [1.165, 1.54) is 19.8 Å². The number of hydrogen-bond acceptors (Lipinski definition) is 3. The van der Waals surface area contributed by atoms with Crippen molar-refractivity contribution in [3.8, 4) is 0 Å². The van der Waals surface area contributed by atoms with Gasteiger partial charge in [-0.1, -0.05) is 25.5 Å². The molecule has 0 aromatic carbocycles. The second-order valence-corrected chi connectivity index (χ2v) is 9.15. The van der Waals surface area contributed by atoms with Gasteiger partial charge in [-0.25, -0.2) is 0 Å². The van der Waals surface area contributed by atoms with Crippen molar-refractivity contribution in [2.45, 2.75) is 78.2 Å². The van der Waals surface area contributed by atoms with E-state index < -0.39 is 0 Å². The number of carbonyl (C=O) groups is 2. The van der Waals surface area contributed by atoms with E-state index in [9.17, 15) is 9.59 Å². The number of ketones is 1. The Balaban J connectivity index is 1.60. The maximum absolute atomic E-state index is 12.4. The molecule has 0 aromatic heterocycles. The molecule has 0 saturated heterocycles. The van der Waals surface area contributed by atoms with E-state index in [4.69, 9.17) is 4.74 Å². The van der Waals surface area contributed by atoms with Crippen LogP contribution in [0.3, 0.4) is 0 Å². The molecule has 0 radical (unpaired) electrons. The molecule has 24 heavy (non-hydrogen) atoms. The van der Waals surface area contributed by atoms with Gasteiger partial charge in [0.1, 0.15) is 11.9 Å². The number of esters is 1. The van der Waals surface area contributed by atoms with Gasteiger partial charge in [-0.05, 0) is 68.1 Å². The molecule has 0 N–H and O–H groups in total. The molecule has 3 heteroatoms. The first-order chi connectivity index (χ1) is 11.3. The van der Waals surface area contributed by atoms with E-state index >= 15 is 0 Å². The van der Waals surface area contributed by atoms with E-state index in [1.54, 1.807) is 5.57 Å². The standard InChI is InChI=1S/C21H30O3/c1-13(22)24-15-8-10-20(2)14(12-15)4-5-16-17-6-7-19(23)21(17,3)11-9-18(16)20/h9,14-17H,4-8,10-12H2,1-3H3/t14?,15?,16?,17?,20-,21-/m0/s1. The lowest BCUT2D eigenvalue weighted by Gasteiger charge is -2.56. The maximum Gasteiger partial charge on any atom is 0.302 e.